The van der Waals surface area contributed by atoms with Crippen LogP contribution in [0.2, 0.25) is 0 Å². The zero-order valence-corrected chi connectivity index (χ0v) is 17.3. The molecule has 28 heavy (non-hydrogen) atoms. The van der Waals surface area contributed by atoms with Crippen LogP contribution < -0.4 is 4.90 Å². The standard InChI is InChI=1S/C22H34N4O2/c1-3-4-13-24(2)21(27)18-8-10-19(11-9-18)22(28)26-16-14-25(15-17-26)20-7-5-6-12-23-20/h5-7,12,18-19H,3-4,8-11,13-17H2,1-2H3. The highest BCUT2D eigenvalue weighted by atomic mass is 16.2. The normalized spacial score (nSPS) is 22.8. The van der Waals surface area contributed by atoms with E-state index in [0.717, 1.165) is 77.1 Å². The van der Waals surface area contributed by atoms with Gasteiger partial charge in [-0.3, -0.25) is 9.59 Å². The highest BCUT2D eigenvalue weighted by Gasteiger charge is 2.34. The average molecular weight is 387 g/mol. The van der Waals surface area contributed by atoms with E-state index in [0.29, 0.717) is 0 Å². The lowest BCUT2D eigenvalue weighted by molar-refractivity contribution is -0.141. The number of piperazine rings is 1. The van der Waals surface area contributed by atoms with E-state index in [2.05, 4.69) is 16.8 Å². The third-order valence-electron chi connectivity index (χ3n) is 6.21. The quantitative estimate of drug-likeness (QED) is 0.754. The molecule has 0 atom stereocenters. The molecule has 0 aromatic carbocycles. The van der Waals surface area contributed by atoms with Crippen molar-refractivity contribution in [1.29, 1.82) is 0 Å². The third-order valence-corrected chi connectivity index (χ3v) is 6.21. The minimum absolute atomic E-state index is 0.0893. The zero-order valence-electron chi connectivity index (χ0n) is 17.3. The Hall–Kier alpha value is -2.11. The fraction of sp³-hybridized carbons (Fsp3) is 0.682. The smallest absolute Gasteiger partial charge is 0.225 e. The number of pyridine rings is 1. The summed E-state index contributed by atoms with van der Waals surface area (Å²) in [7, 11) is 1.91. The summed E-state index contributed by atoms with van der Waals surface area (Å²) in [6.45, 7) is 6.17. The fourth-order valence-corrected chi connectivity index (χ4v) is 4.36. The molecular formula is C22H34N4O2. The van der Waals surface area contributed by atoms with Crippen molar-refractivity contribution in [3.8, 4) is 0 Å². The number of rotatable bonds is 6. The molecule has 1 saturated carbocycles. The van der Waals surface area contributed by atoms with Crippen LogP contribution in [0, 0.1) is 11.8 Å². The van der Waals surface area contributed by atoms with E-state index in [9.17, 15) is 9.59 Å². The van der Waals surface area contributed by atoms with Crippen molar-refractivity contribution in [3.05, 3.63) is 24.4 Å². The maximum atomic E-state index is 12.9. The molecule has 1 aliphatic heterocycles. The lowest BCUT2D eigenvalue weighted by atomic mass is 9.80. The summed E-state index contributed by atoms with van der Waals surface area (Å²) in [5.41, 5.74) is 0. The summed E-state index contributed by atoms with van der Waals surface area (Å²) in [5, 5.41) is 0. The molecule has 0 N–H and O–H groups in total. The van der Waals surface area contributed by atoms with E-state index in [1.54, 1.807) is 0 Å². The molecular weight excluding hydrogens is 352 g/mol. The second-order valence-corrected chi connectivity index (χ2v) is 8.16. The van der Waals surface area contributed by atoms with Crippen LogP contribution in [-0.2, 0) is 9.59 Å². The van der Waals surface area contributed by atoms with Gasteiger partial charge in [-0.25, -0.2) is 4.98 Å². The molecule has 1 aromatic rings. The van der Waals surface area contributed by atoms with E-state index < -0.39 is 0 Å². The van der Waals surface area contributed by atoms with Gasteiger partial charge in [-0.2, -0.15) is 0 Å². The van der Waals surface area contributed by atoms with Crippen LogP contribution in [0.15, 0.2) is 24.4 Å². The van der Waals surface area contributed by atoms with Gasteiger partial charge < -0.3 is 14.7 Å². The van der Waals surface area contributed by atoms with E-state index in [4.69, 9.17) is 0 Å². The summed E-state index contributed by atoms with van der Waals surface area (Å²) in [6, 6.07) is 5.94. The maximum Gasteiger partial charge on any atom is 0.225 e. The lowest BCUT2D eigenvalue weighted by Crippen LogP contribution is -2.51. The molecule has 2 aliphatic rings. The Labute approximate surface area is 168 Å². The molecule has 2 fully saturated rings. The molecule has 3 rings (SSSR count). The highest BCUT2D eigenvalue weighted by Crippen LogP contribution is 2.31. The first-order chi connectivity index (χ1) is 13.6. The van der Waals surface area contributed by atoms with Crippen molar-refractivity contribution in [3.63, 3.8) is 0 Å². The Bertz CT molecular complexity index is 635. The van der Waals surface area contributed by atoms with E-state index >= 15 is 0 Å². The number of anilines is 1. The second-order valence-electron chi connectivity index (χ2n) is 8.16. The van der Waals surface area contributed by atoms with Crippen molar-refractivity contribution in [2.75, 3.05) is 44.7 Å². The fourth-order valence-electron chi connectivity index (χ4n) is 4.36. The molecule has 0 bridgehead atoms. The number of carbonyl (C=O) groups is 2. The second kappa shape index (κ2) is 9.89. The molecule has 1 aliphatic carbocycles. The van der Waals surface area contributed by atoms with E-state index in [-0.39, 0.29) is 23.7 Å². The number of amides is 2. The first-order valence-electron chi connectivity index (χ1n) is 10.8. The van der Waals surface area contributed by atoms with Crippen molar-refractivity contribution >= 4 is 17.6 Å². The number of unbranched alkanes of at least 4 members (excludes halogenated alkanes) is 1. The number of nitrogens with zero attached hydrogens (tertiary/aromatic N) is 4. The molecule has 0 radical (unpaired) electrons. The van der Waals surface area contributed by atoms with Gasteiger partial charge in [0.15, 0.2) is 0 Å². The summed E-state index contributed by atoms with van der Waals surface area (Å²) in [6.07, 6.45) is 7.35. The van der Waals surface area contributed by atoms with Crippen LogP contribution in [0.4, 0.5) is 5.82 Å². The monoisotopic (exact) mass is 386 g/mol. The number of carbonyl (C=O) groups excluding carboxylic acids is 2. The van der Waals surface area contributed by atoms with E-state index in [1.165, 1.54) is 0 Å². The van der Waals surface area contributed by atoms with Crippen LogP contribution in [0.3, 0.4) is 0 Å². The first kappa shape index (κ1) is 20.6. The molecule has 6 heteroatoms. The Balaban J connectivity index is 1.44. The summed E-state index contributed by atoms with van der Waals surface area (Å²) < 4.78 is 0. The average Bonchev–Trinajstić information content (AvgIpc) is 2.77. The van der Waals surface area contributed by atoms with Crippen LogP contribution in [0.1, 0.15) is 45.4 Å². The van der Waals surface area contributed by atoms with Gasteiger partial charge in [-0.05, 0) is 44.2 Å². The molecule has 1 saturated heterocycles. The van der Waals surface area contributed by atoms with Gasteiger partial charge in [-0.1, -0.05) is 19.4 Å². The van der Waals surface area contributed by atoms with Crippen molar-refractivity contribution in [1.82, 2.24) is 14.8 Å². The molecule has 1 aromatic heterocycles. The largest absolute Gasteiger partial charge is 0.353 e. The lowest BCUT2D eigenvalue weighted by Gasteiger charge is -2.38. The molecule has 0 spiro atoms. The summed E-state index contributed by atoms with van der Waals surface area (Å²) >= 11 is 0. The highest BCUT2D eigenvalue weighted by molar-refractivity contribution is 5.81. The molecule has 2 amide bonds. The van der Waals surface area contributed by atoms with Gasteiger partial charge in [0.2, 0.25) is 11.8 Å². The van der Waals surface area contributed by atoms with Gasteiger partial charge in [0.05, 0.1) is 0 Å². The molecule has 0 unspecified atom stereocenters. The third kappa shape index (κ3) is 5.03. The van der Waals surface area contributed by atoms with Crippen molar-refractivity contribution in [2.45, 2.75) is 45.4 Å². The maximum absolute atomic E-state index is 12.9. The van der Waals surface area contributed by atoms with Gasteiger partial charge in [0.1, 0.15) is 5.82 Å². The van der Waals surface area contributed by atoms with Gasteiger partial charge in [0.25, 0.3) is 0 Å². The predicted octanol–water partition coefficient (Wildman–Crippen LogP) is 2.80. The Morgan fingerprint density at radius 2 is 1.75 bits per heavy atom. The Kier molecular flexibility index (Phi) is 7.29. The molecule has 154 valence electrons. The topological polar surface area (TPSA) is 56.8 Å². The van der Waals surface area contributed by atoms with Gasteiger partial charge in [0, 0.05) is 57.8 Å². The predicted molar refractivity (Wildman–Crippen MR) is 111 cm³/mol. The molecule has 6 nitrogen and oxygen atoms in total. The van der Waals surface area contributed by atoms with Crippen LogP contribution in [-0.4, -0.2) is 66.4 Å². The minimum atomic E-state index is 0.0893. The first-order valence-corrected chi connectivity index (χ1v) is 10.8. The molecule has 2 heterocycles. The zero-order chi connectivity index (χ0) is 19.9. The number of hydrogen-bond acceptors (Lipinski definition) is 4. The van der Waals surface area contributed by atoms with Crippen LogP contribution >= 0.6 is 0 Å². The van der Waals surface area contributed by atoms with Gasteiger partial charge >= 0.3 is 0 Å². The summed E-state index contributed by atoms with van der Waals surface area (Å²) in [4.78, 5) is 36.1. The SMILES string of the molecule is CCCCN(C)C(=O)C1CCC(C(=O)N2CCN(c3ccccn3)CC2)CC1. The number of aromatic nitrogens is 1. The minimum Gasteiger partial charge on any atom is -0.353 e. The van der Waals surface area contributed by atoms with Crippen molar-refractivity contribution in [2.24, 2.45) is 11.8 Å². The summed E-state index contributed by atoms with van der Waals surface area (Å²) in [5.74, 6) is 1.73. The van der Waals surface area contributed by atoms with E-state index in [1.807, 2.05) is 41.2 Å². The Morgan fingerprint density at radius 3 is 2.36 bits per heavy atom. The van der Waals surface area contributed by atoms with Crippen LogP contribution in [0.25, 0.3) is 0 Å². The van der Waals surface area contributed by atoms with Crippen molar-refractivity contribution < 1.29 is 9.59 Å². The van der Waals surface area contributed by atoms with Crippen LogP contribution in [0.5, 0.6) is 0 Å². The van der Waals surface area contributed by atoms with Gasteiger partial charge in [-0.15, -0.1) is 0 Å². The Morgan fingerprint density at radius 1 is 1.07 bits per heavy atom. The number of hydrogen-bond donors (Lipinski definition) is 0.